The summed E-state index contributed by atoms with van der Waals surface area (Å²) in [4.78, 5) is 2.35. The van der Waals surface area contributed by atoms with E-state index < -0.39 is 0 Å². The molecule has 1 unspecified atom stereocenters. The molecule has 1 aromatic rings. The van der Waals surface area contributed by atoms with E-state index in [2.05, 4.69) is 49.9 Å². The van der Waals surface area contributed by atoms with Crippen molar-refractivity contribution < 1.29 is 5.11 Å². The quantitative estimate of drug-likeness (QED) is 0.879. The summed E-state index contributed by atoms with van der Waals surface area (Å²) in [6.07, 6.45) is 2.37. The van der Waals surface area contributed by atoms with Crippen LogP contribution in [0.3, 0.4) is 0 Å². The van der Waals surface area contributed by atoms with Gasteiger partial charge in [0, 0.05) is 6.54 Å². The summed E-state index contributed by atoms with van der Waals surface area (Å²) in [5.41, 5.74) is 9.06. The summed E-state index contributed by atoms with van der Waals surface area (Å²) in [6.45, 7) is 10.7. The average molecular weight is 304 g/mol. The van der Waals surface area contributed by atoms with Crippen molar-refractivity contribution in [2.75, 3.05) is 32.8 Å². The Morgan fingerprint density at radius 3 is 2.23 bits per heavy atom. The first-order chi connectivity index (χ1) is 10.5. The van der Waals surface area contributed by atoms with Crippen LogP contribution in [0.15, 0.2) is 24.3 Å². The van der Waals surface area contributed by atoms with E-state index in [1.54, 1.807) is 0 Å². The molecule has 0 radical (unpaired) electrons. The predicted octanol–water partition coefficient (Wildman–Crippen LogP) is 2.73. The third-order valence-corrected chi connectivity index (χ3v) is 5.08. The lowest BCUT2D eigenvalue weighted by Crippen LogP contribution is -2.38. The molecule has 0 bridgehead atoms. The summed E-state index contributed by atoms with van der Waals surface area (Å²) in [7, 11) is 0. The van der Waals surface area contributed by atoms with Crippen LogP contribution in [-0.2, 0) is 5.41 Å². The van der Waals surface area contributed by atoms with Crippen molar-refractivity contribution in [3.63, 3.8) is 0 Å². The second-order valence-electron chi connectivity index (χ2n) is 7.62. The van der Waals surface area contributed by atoms with Gasteiger partial charge in [0.2, 0.25) is 0 Å². The van der Waals surface area contributed by atoms with Crippen LogP contribution < -0.4 is 5.73 Å². The average Bonchev–Trinajstić information content (AvgIpc) is 2.50. The first-order valence-electron chi connectivity index (χ1n) is 8.59. The normalized spacial score (nSPS) is 19.3. The number of likely N-dealkylation sites (tertiary alicyclic amines) is 1. The number of rotatable bonds is 5. The SMILES string of the molecule is CC(C)(C)c1ccc(C(CN)C2CCN(CCO)CC2)cc1. The number of nitrogens with zero attached hydrogens (tertiary/aromatic N) is 1. The second kappa shape index (κ2) is 7.58. The molecule has 22 heavy (non-hydrogen) atoms. The minimum Gasteiger partial charge on any atom is -0.395 e. The third kappa shape index (κ3) is 4.31. The summed E-state index contributed by atoms with van der Waals surface area (Å²) in [6, 6.07) is 9.08. The molecule has 0 spiro atoms. The van der Waals surface area contributed by atoms with Gasteiger partial charge in [-0.3, -0.25) is 0 Å². The van der Waals surface area contributed by atoms with Gasteiger partial charge in [0.1, 0.15) is 0 Å². The maximum Gasteiger partial charge on any atom is 0.0558 e. The molecule has 0 saturated carbocycles. The minimum absolute atomic E-state index is 0.201. The van der Waals surface area contributed by atoms with Gasteiger partial charge in [-0.15, -0.1) is 0 Å². The van der Waals surface area contributed by atoms with Crippen LogP contribution >= 0.6 is 0 Å². The van der Waals surface area contributed by atoms with Crippen molar-refractivity contribution in [1.29, 1.82) is 0 Å². The molecule has 124 valence electrons. The molecule has 0 amide bonds. The smallest absolute Gasteiger partial charge is 0.0558 e. The number of piperidine rings is 1. The van der Waals surface area contributed by atoms with Gasteiger partial charge in [-0.2, -0.15) is 0 Å². The molecule has 1 aliphatic heterocycles. The Kier molecular flexibility index (Phi) is 6.01. The van der Waals surface area contributed by atoms with E-state index in [0.717, 1.165) is 26.2 Å². The summed E-state index contributed by atoms with van der Waals surface area (Å²) in [5, 5.41) is 9.05. The molecule has 0 aromatic heterocycles. The lowest BCUT2D eigenvalue weighted by Gasteiger charge is -2.35. The standard InChI is InChI=1S/C19H32N2O/c1-19(2,3)17-6-4-15(5-7-17)18(14-20)16-8-10-21(11-9-16)12-13-22/h4-7,16,18,22H,8-14,20H2,1-3H3. The van der Waals surface area contributed by atoms with Crippen LogP contribution in [0.1, 0.15) is 50.7 Å². The molecule has 3 nitrogen and oxygen atoms in total. The van der Waals surface area contributed by atoms with Crippen molar-refractivity contribution in [3.05, 3.63) is 35.4 Å². The number of β-amino-alcohol motifs (C(OH)–C–C–N with tert-alkyl or cyclic N) is 1. The first-order valence-corrected chi connectivity index (χ1v) is 8.59. The maximum atomic E-state index is 9.05. The van der Waals surface area contributed by atoms with E-state index >= 15 is 0 Å². The van der Waals surface area contributed by atoms with Crippen LogP contribution in [0.2, 0.25) is 0 Å². The zero-order valence-electron chi connectivity index (χ0n) is 14.4. The van der Waals surface area contributed by atoms with E-state index in [9.17, 15) is 0 Å². The number of hydrogen-bond acceptors (Lipinski definition) is 3. The highest BCUT2D eigenvalue weighted by atomic mass is 16.3. The molecule has 1 aliphatic rings. The van der Waals surface area contributed by atoms with Gasteiger partial charge in [-0.25, -0.2) is 0 Å². The zero-order chi connectivity index (χ0) is 16.2. The number of aliphatic hydroxyl groups excluding tert-OH is 1. The van der Waals surface area contributed by atoms with Gasteiger partial charge >= 0.3 is 0 Å². The number of aliphatic hydroxyl groups is 1. The Labute approximate surface area is 135 Å². The summed E-state index contributed by atoms with van der Waals surface area (Å²) >= 11 is 0. The van der Waals surface area contributed by atoms with E-state index in [4.69, 9.17) is 10.8 Å². The van der Waals surface area contributed by atoms with E-state index in [1.165, 1.54) is 24.0 Å². The van der Waals surface area contributed by atoms with Gasteiger partial charge < -0.3 is 15.7 Å². The van der Waals surface area contributed by atoms with E-state index in [-0.39, 0.29) is 12.0 Å². The summed E-state index contributed by atoms with van der Waals surface area (Å²) in [5.74, 6) is 1.13. The van der Waals surface area contributed by atoms with Crippen LogP contribution in [0.5, 0.6) is 0 Å². The predicted molar refractivity (Wildman–Crippen MR) is 93.2 cm³/mol. The number of benzene rings is 1. The van der Waals surface area contributed by atoms with Gasteiger partial charge in [0.05, 0.1) is 6.61 Å². The molecule has 1 fully saturated rings. The van der Waals surface area contributed by atoms with Crippen molar-refractivity contribution in [1.82, 2.24) is 4.90 Å². The fraction of sp³-hybridized carbons (Fsp3) is 0.684. The highest BCUT2D eigenvalue weighted by molar-refractivity contribution is 5.30. The van der Waals surface area contributed by atoms with Crippen molar-refractivity contribution in [2.45, 2.75) is 44.9 Å². The highest BCUT2D eigenvalue weighted by Crippen LogP contribution is 2.33. The lowest BCUT2D eigenvalue weighted by atomic mass is 9.78. The molecular formula is C19H32N2O. The second-order valence-corrected chi connectivity index (χ2v) is 7.62. The van der Waals surface area contributed by atoms with E-state index in [1.807, 2.05) is 0 Å². The van der Waals surface area contributed by atoms with Crippen molar-refractivity contribution >= 4 is 0 Å². The Hall–Kier alpha value is -0.900. The molecule has 3 heteroatoms. The Morgan fingerprint density at radius 1 is 1.18 bits per heavy atom. The topological polar surface area (TPSA) is 49.5 Å². The monoisotopic (exact) mass is 304 g/mol. The highest BCUT2D eigenvalue weighted by Gasteiger charge is 2.27. The zero-order valence-corrected chi connectivity index (χ0v) is 14.4. The molecule has 0 aliphatic carbocycles. The molecule has 1 saturated heterocycles. The fourth-order valence-electron chi connectivity index (χ4n) is 3.55. The lowest BCUT2D eigenvalue weighted by molar-refractivity contribution is 0.138. The summed E-state index contributed by atoms with van der Waals surface area (Å²) < 4.78 is 0. The Morgan fingerprint density at radius 2 is 1.77 bits per heavy atom. The largest absolute Gasteiger partial charge is 0.395 e. The van der Waals surface area contributed by atoms with Crippen LogP contribution in [0.25, 0.3) is 0 Å². The molecule has 3 N–H and O–H groups in total. The van der Waals surface area contributed by atoms with Crippen molar-refractivity contribution in [2.24, 2.45) is 11.7 Å². The minimum atomic E-state index is 0.201. The van der Waals surface area contributed by atoms with Gasteiger partial charge in [-0.1, -0.05) is 45.0 Å². The van der Waals surface area contributed by atoms with Crippen LogP contribution in [0.4, 0.5) is 0 Å². The molecule has 1 heterocycles. The first kappa shape index (κ1) is 17.5. The van der Waals surface area contributed by atoms with Crippen molar-refractivity contribution in [3.8, 4) is 0 Å². The molecular weight excluding hydrogens is 272 g/mol. The Bertz CT molecular complexity index is 441. The Balaban J connectivity index is 2.03. The van der Waals surface area contributed by atoms with Crippen LogP contribution in [-0.4, -0.2) is 42.8 Å². The van der Waals surface area contributed by atoms with Gasteiger partial charge in [-0.05, 0) is 60.9 Å². The number of hydrogen-bond donors (Lipinski definition) is 2. The molecule has 2 rings (SSSR count). The maximum absolute atomic E-state index is 9.05. The van der Waals surface area contributed by atoms with E-state index in [0.29, 0.717) is 11.8 Å². The van der Waals surface area contributed by atoms with Gasteiger partial charge in [0.25, 0.3) is 0 Å². The van der Waals surface area contributed by atoms with Crippen LogP contribution in [0, 0.1) is 5.92 Å². The number of nitrogens with two attached hydrogens (primary N) is 1. The fourth-order valence-corrected chi connectivity index (χ4v) is 3.55. The van der Waals surface area contributed by atoms with Gasteiger partial charge in [0.15, 0.2) is 0 Å². The molecule has 1 atom stereocenters. The molecule has 1 aromatic carbocycles. The third-order valence-electron chi connectivity index (χ3n) is 5.08.